The molecule has 0 radical (unpaired) electrons. The predicted molar refractivity (Wildman–Crippen MR) is 126 cm³/mol. The van der Waals surface area contributed by atoms with E-state index in [0.29, 0.717) is 44.7 Å². The van der Waals surface area contributed by atoms with Crippen LogP contribution in [-0.2, 0) is 17.8 Å². The molecule has 29 heavy (non-hydrogen) atoms. The third-order valence-corrected chi connectivity index (χ3v) is 4.01. The molecule has 0 spiro atoms. The van der Waals surface area contributed by atoms with Crippen molar-refractivity contribution in [1.82, 2.24) is 15.6 Å². The Labute approximate surface area is 190 Å². The minimum absolute atomic E-state index is 0. The van der Waals surface area contributed by atoms with E-state index in [1.165, 1.54) is 0 Å². The highest BCUT2D eigenvalue weighted by Gasteiger charge is 2.08. The van der Waals surface area contributed by atoms with E-state index >= 15 is 0 Å². The Bertz CT molecular complexity index is 771. The van der Waals surface area contributed by atoms with Crippen molar-refractivity contribution in [2.24, 2.45) is 4.99 Å². The molecule has 0 atom stereocenters. The van der Waals surface area contributed by atoms with Crippen LogP contribution in [0.1, 0.15) is 23.6 Å². The largest absolute Gasteiger partial charge is 0.491 e. The Balaban J connectivity index is 0.00000420. The summed E-state index contributed by atoms with van der Waals surface area (Å²) in [6.45, 7) is 6.79. The summed E-state index contributed by atoms with van der Waals surface area (Å²) in [4.78, 5) is 8.56. The molecule has 1 heterocycles. The summed E-state index contributed by atoms with van der Waals surface area (Å²) in [6.07, 6.45) is 1.73. The molecule has 0 fully saturated rings. The average molecular weight is 514 g/mol. The summed E-state index contributed by atoms with van der Waals surface area (Å²) in [5, 5.41) is 6.62. The zero-order valence-electron chi connectivity index (χ0n) is 17.5. The zero-order valence-corrected chi connectivity index (χ0v) is 19.9. The number of aryl methyl sites for hydroxylation is 1. The second kappa shape index (κ2) is 14.0. The Morgan fingerprint density at radius 3 is 2.52 bits per heavy atom. The number of hydrogen-bond acceptors (Lipinski definition) is 5. The predicted octanol–water partition coefficient (Wildman–Crippen LogP) is 3.30. The minimum Gasteiger partial charge on any atom is -0.491 e. The molecular formula is C21H31IN4O3. The topological polar surface area (TPSA) is 77.0 Å². The van der Waals surface area contributed by atoms with Gasteiger partial charge in [-0.3, -0.25) is 4.99 Å². The quantitative estimate of drug-likeness (QED) is 0.219. The smallest absolute Gasteiger partial charge is 0.218 e. The van der Waals surface area contributed by atoms with Crippen molar-refractivity contribution in [3.8, 4) is 11.6 Å². The lowest BCUT2D eigenvalue weighted by Gasteiger charge is -2.16. The molecule has 0 aliphatic carbocycles. The number of benzene rings is 1. The van der Waals surface area contributed by atoms with Crippen molar-refractivity contribution in [3.05, 3.63) is 53.2 Å². The number of rotatable bonds is 10. The highest BCUT2D eigenvalue weighted by atomic mass is 127. The molecule has 0 unspecified atom stereocenters. The van der Waals surface area contributed by atoms with Gasteiger partial charge in [0.25, 0.3) is 0 Å². The molecule has 8 heteroatoms. The Hall–Kier alpha value is -2.07. The van der Waals surface area contributed by atoms with Gasteiger partial charge in [0.1, 0.15) is 12.4 Å². The van der Waals surface area contributed by atoms with Crippen LogP contribution < -0.4 is 20.1 Å². The van der Waals surface area contributed by atoms with E-state index in [1.807, 2.05) is 32.0 Å². The number of aliphatic imine (C=N–C) groups is 1. The fourth-order valence-corrected chi connectivity index (χ4v) is 2.58. The number of methoxy groups -OCH3 is 1. The van der Waals surface area contributed by atoms with Crippen molar-refractivity contribution in [3.63, 3.8) is 0 Å². The highest BCUT2D eigenvalue weighted by Crippen LogP contribution is 2.20. The number of hydrogen-bond donors (Lipinski definition) is 2. The molecule has 160 valence electrons. The van der Waals surface area contributed by atoms with E-state index in [9.17, 15) is 0 Å². The Morgan fingerprint density at radius 2 is 1.83 bits per heavy atom. The number of aromatic nitrogens is 1. The van der Waals surface area contributed by atoms with E-state index in [-0.39, 0.29) is 24.0 Å². The number of guanidine groups is 1. The maximum atomic E-state index is 5.85. The summed E-state index contributed by atoms with van der Waals surface area (Å²) in [5.74, 6) is 2.18. The third kappa shape index (κ3) is 8.45. The lowest BCUT2D eigenvalue weighted by molar-refractivity contribution is 0.145. The number of nitrogens with one attached hydrogen (secondary N) is 2. The second-order valence-corrected chi connectivity index (χ2v) is 6.13. The minimum atomic E-state index is 0. The standard InChI is InChI=1S/C21H30N4O3.HI/c1-5-27-20-18(7-6-10-23-20)15-25-21(22-3)24-14-17-9-8-16(2)13-19(17)28-12-11-26-4;/h6-10,13H,5,11-12,14-15H2,1-4H3,(H2,22,24,25);1H. The van der Waals surface area contributed by atoms with Gasteiger partial charge in [-0.1, -0.05) is 18.2 Å². The van der Waals surface area contributed by atoms with Crippen molar-refractivity contribution < 1.29 is 14.2 Å². The average Bonchev–Trinajstić information content (AvgIpc) is 2.71. The maximum absolute atomic E-state index is 5.85. The van der Waals surface area contributed by atoms with Gasteiger partial charge in [0, 0.05) is 44.6 Å². The van der Waals surface area contributed by atoms with Crippen LogP contribution in [0.15, 0.2) is 41.5 Å². The molecule has 0 saturated carbocycles. The summed E-state index contributed by atoms with van der Waals surface area (Å²) >= 11 is 0. The van der Waals surface area contributed by atoms with Gasteiger partial charge in [-0.05, 0) is 31.5 Å². The van der Waals surface area contributed by atoms with Crippen LogP contribution in [0.2, 0.25) is 0 Å². The lowest BCUT2D eigenvalue weighted by atomic mass is 10.1. The summed E-state index contributed by atoms with van der Waals surface area (Å²) in [7, 11) is 3.41. The number of halogens is 1. The molecule has 0 aliphatic rings. The van der Waals surface area contributed by atoms with Gasteiger partial charge in [0.05, 0.1) is 13.2 Å². The van der Waals surface area contributed by atoms with Crippen LogP contribution in [0.3, 0.4) is 0 Å². The van der Waals surface area contributed by atoms with Crippen molar-refractivity contribution in [2.45, 2.75) is 26.9 Å². The summed E-state index contributed by atoms with van der Waals surface area (Å²) < 4.78 is 16.5. The molecule has 0 saturated heterocycles. The summed E-state index contributed by atoms with van der Waals surface area (Å²) in [5.41, 5.74) is 3.19. The highest BCUT2D eigenvalue weighted by molar-refractivity contribution is 14.0. The first-order valence-electron chi connectivity index (χ1n) is 9.40. The molecule has 7 nitrogen and oxygen atoms in total. The third-order valence-electron chi connectivity index (χ3n) is 4.01. The molecule has 2 aromatic rings. The van der Waals surface area contributed by atoms with Gasteiger partial charge in [0.15, 0.2) is 5.96 Å². The van der Waals surface area contributed by atoms with Crippen LogP contribution in [0.4, 0.5) is 0 Å². The molecule has 0 amide bonds. The summed E-state index contributed by atoms with van der Waals surface area (Å²) in [6, 6.07) is 10.0. The van der Waals surface area contributed by atoms with Crippen molar-refractivity contribution in [2.75, 3.05) is 34.0 Å². The van der Waals surface area contributed by atoms with Crippen LogP contribution in [0, 0.1) is 6.92 Å². The first-order valence-corrected chi connectivity index (χ1v) is 9.40. The van der Waals surface area contributed by atoms with Crippen LogP contribution in [-0.4, -0.2) is 44.9 Å². The van der Waals surface area contributed by atoms with Gasteiger partial charge in [-0.2, -0.15) is 0 Å². The van der Waals surface area contributed by atoms with Crippen LogP contribution >= 0.6 is 24.0 Å². The normalized spacial score (nSPS) is 10.8. The monoisotopic (exact) mass is 514 g/mol. The molecule has 0 bridgehead atoms. The zero-order chi connectivity index (χ0) is 20.2. The van der Waals surface area contributed by atoms with Gasteiger partial charge < -0.3 is 24.8 Å². The van der Waals surface area contributed by atoms with E-state index in [0.717, 1.165) is 22.4 Å². The first-order chi connectivity index (χ1) is 13.7. The van der Waals surface area contributed by atoms with Gasteiger partial charge >= 0.3 is 0 Å². The SMILES string of the molecule is CCOc1ncccc1CNC(=NC)NCc1ccc(C)cc1OCCOC.I. The van der Waals surface area contributed by atoms with E-state index in [4.69, 9.17) is 14.2 Å². The Morgan fingerprint density at radius 1 is 1.07 bits per heavy atom. The number of nitrogens with zero attached hydrogens (tertiary/aromatic N) is 2. The lowest BCUT2D eigenvalue weighted by Crippen LogP contribution is -2.36. The van der Waals surface area contributed by atoms with E-state index in [1.54, 1.807) is 20.4 Å². The molecule has 2 N–H and O–H groups in total. The first kappa shape index (κ1) is 25.0. The molecule has 1 aromatic heterocycles. The number of ether oxygens (including phenoxy) is 3. The van der Waals surface area contributed by atoms with Gasteiger partial charge in [-0.15, -0.1) is 24.0 Å². The molecule has 2 rings (SSSR count). The van der Waals surface area contributed by atoms with E-state index < -0.39 is 0 Å². The van der Waals surface area contributed by atoms with Crippen LogP contribution in [0.25, 0.3) is 0 Å². The molecule has 1 aromatic carbocycles. The second-order valence-electron chi connectivity index (χ2n) is 6.13. The Kier molecular flexibility index (Phi) is 12.1. The fraction of sp³-hybridized carbons (Fsp3) is 0.429. The molecule has 0 aliphatic heterocycles. The van der Waals surface area contributed by atoms with Gasteiger partial charge in [0.2, 0.25) is 5.88 Å². The van der Waals surface area contributed by atoms with Crippen molar-refractivity contribution in [1.29, 1.82) is 0 Å². The van der Waals surface area contributed by atoms with Crippen LogP contribution in [0.5, 0.6) is 11.6 Å². The van der Waals surface area contributed by atoms with E-state index in [2.05, 4.69) is 32.7 Å². The fourth-order valence-electron chi connectivity index (χ4n) is 2.58. The molecular weight excluding hydrogens is 483 g/mol. The van der Waals surface area contributed by atoms with Crippen molar-refractivity contribution >= 4 is 29.9 Å². The van der Waals surface area contributed by atoms with Gasteiger partial charge in [-0.25, -0.2) is 4.98 Å². The number of pyridine rings is 1. The maximum Gasteiger partial charge on any atom is 0.218 e.